The average Bonchev–Trinajstić information content (AvgIpc) is 3.01. The Bertz CT molecular complexity index is 1560. The minimum atomic E-state index is -2.37. The number of halogens is 6. The first-order valence-electron chi connectivity index (χ1n) is 11.6. The zero-order chi connectivity index (χ0) is 28.5. The lowest BCUT2D eigenvalue weighted by atomic mass is 10.1. The van der Waals surface area contributed by atoms with Crippen molar-refractivity contribution >= 4 is 0 Å². The van der Waals surface area contributed by atoms with Crippen LogP contribution in [0.4, 0.5) is 26.3 Å². The van der Waals surface area contributed by atoms with E-state index in [1.807, 2.05) is 84.9 Å². The van der Waals surface area contributed by atoms with E-state index in [2.05, 4.69) is 33.6 Å². The first kappa shape index (κ1) is 27.7. The Kier molecular flexibility index (Phi) is 8.96. The lowest BCUT2D eigenvalue weighted by molar-refractivity contribution is 0.334. The standard InChI is InChI=1S/C26H16N2.C6F6/c1-3-7-21(8-4-1)11-13-23-15-17-27-25(19-23)26-20-24(16-18-28-26)14-12-22-9-5-2-6-10-22;7-1-2(8)4(10)6(12)5(11)3(1)9/h1-10,15-20H;. The van der Waals surface area contributed by atoms with Crippen molar-refractivity contribution in [3.8, 4) is 35.1 Å². The summed E-state index contributed by atoms with van der Waals surface area (Å²) in [6, 6.07) is 27.6. The van der Waals surface area contributed by atoms with Crippen LogP contribution in [0.1, 0.15) is 22.3 Å². The quantitative estimate of drug-likeness (QED) is 0.0951. The van der Waals surface area contributed by atoms with Gasteiger partial charge in [0, 0.05) is 34.6 Å². The number of aromatic nitrogens is 2. The van der Waals surface area contributed by atoms with E-state index >= 15 is 0 Å². The van der Waals surface area contributed by atoms with Gasteiger partial charge < -0.3 is 0 Å². The summed E-state index contributed by atoms with van der Waals surface area (Å²) in [4.78, 5) is 8.89. The molecule has 2 nitrogen and oxygen atoms in total. The largest absolute Gasteiger partial charge is 0.255 e. The molecule has 0 atom stereocenters. The van der Waals surface area contributed by atoms with Gasteiger partial charge in [-0.2, -0.15) is 0 Å². The number of rotatable bonds is 1. The molecule has 0 spiro atoms. The molecule has 3 aromatic carbocycles. The van der Waals surface area contributed by atoms with Gasteiger partial charge in [0.05, 0.1) is 11.4 Å². The summed E-state index contributed by atoms with van der Waals surface area (Å²) in [5, 5.41) is 0. The number of nitrogens with zero attached hydrogens (tertiary/aromatic N) is 2. The Morgan fingerprint density at radius 3 is 1.00 bits per heavy atom. The van der Waals surface area contributed by atoms with Crippen molar-refractivity contribution in [2.24, 2.45) is 0 Å². The van der Waals surface area contributed by atoms with E-state index in [4.69, 9.17) is 0 Å². The second kappa shape index (κ2) is 12.9. The van der Waals surface area contributed by atoms with Crippen LogP contribution < -0.4 is 0 Å². The second-order valence-electron chi connectivity index (χ2n) is 7.98. The summed E-state index contributed by atoms with van der Waals surface area (Å²) in [6.45, 7) is 0. The molecule has 196 valence electrons. The maximum absolute atomic E-state index is 12.0. The van der Waals surface area contributed by atoms with Crippen molar-refractivity contribution in [1.29, 1.82) is 0 Å². The van der Waals surface area contributed by atoms with Crippen molar-refractivity contribution in [3.05, 3.63) is 154 Å². The molecule has 0 fully saturated rings. The molecule has 2 heterocycles. The Hall–Kier alpha value is -5.34. The Balaban J connectivity index is 0.000000259. The smallest absolute Gasteiger partial charge is 0.200 e. The van der Waals surface area contributed by atoms with Gasteiger partial charge in [-0.15, -0.1) is 0 Å². The number of benzene rings is 3. The summed E-state index contributed by atoms with van der Waals surface area (Å²) in [5.74, 6) is -1.50. The Labute approximate surface area is 226 Å². The van der Waals surface area contributed by atoms with Crippen LogP contribution in [0.15, 0.2) is 97.3 Å². The minimum absolute atomic E-state index is 0.781. The third-order valence-electron chi connectivity index (χ3n) is 5.19. The molecule has 8 heteroatoms. The molecule has 2 aromatic heterocycles. The molecule has 0 aliphatic heterocycles. The van der Waals surface area contributed by atoms with E-state index in [-0.39, 0.29) is 0 Å². The highest BCUT2D eigenvalue weighted by Gasteiger charge is 2.25. The number of pyridine rings is 2. The maximum Gasteiger partial charge on any atom is 0.200 e. The second-order valence-corrected chi connectivity index (χ2v) is 7.98. The van der Waals surface area contributed by atoms with Gasteiger partial charge in [-0.05, 0) is 48.5 Å². The third kappa shape index (κ3) is 6.94. The summed E-state index contributed by atoms with van der Waals surface area (Å²) in [6.07, 6.45) is 3.52. The highest BCUT2D eigenvalue weighted by molar-refractivity contribution is 5.60. The molecule has 40 heavy (non-hydrogen) atoms. The molecule has 0 amide bonds. The van der Waals surface area contributed by atoms with Gasteiger partial charge in [0.15, 0.2) is 0 Å². The molecule has 0 saturated carbocycles. The van der Waals surface area contributed by atoms with Crippen LogP contribution in [0.2, 0.25) is 0 Å². The van der Waals surface area contributed by atoms with Crippen LogP contribution in [0.25, 0.3) is 11.4 Å². The van der Waals surface area contributed by atoms with E-state index in [9.17, 15) is 26.3 Å². The average molecular weight is 542 g/mol. The SMILES string of the molecule is C(#Cc1ccnc(-c2cc(C#Cc3ccccc3)ccn2)c1)c1ccccc1.Fc1c(F)c(F)c(F)c(F)c1F. The van der Waals surface area contributed by atoms with Crippen LogP contribution in [-0.2, 0) is 0 Å². The monoisotopic (exact) mass is 542 g/mol. The molecular weight excluding hydrogens is 526 g/mol. The topological polar surface area (TPSA) is 25.8 Å². The van der Waals surface area contributed by atoms with Crippen molar-refractivity contribution in [2.75, 3.05) is 0 Å². The van der Waals surface area contributed by atoms with Gasteiger partial charge in [0.1, 0.15) is 0 Å². The van der Waals surface area contributed by atoms with Crippen molar-refractivity contribution in [3.63, 3.8) is 0 Å². The van der Waals surface area contributed by atoms with Gasteiger partial charge in [-0.1, -0.05) is 60.1 Å². The molecule has 0 saturated heterocycles. The minimum Gasteiger partial charge on any atom is -0.255 e. The zero-order valence-electron chi connectivity index (χ0n) is 20.4. The maximum atomic E-state index is 12.0. The predicted molar refractivity (Wildman–Crippen MR) is 139 cm³/mol. The van der Waals surface area contributed by atoms with E-state index in [0.29, 0.717) is 0 Å². The fraction of sp³-hybridized carbons (Fsp3) is 0. The van der Waals surface area contributed by atoms with Crippen LogP contribution in [0.5, 0.6) is 0 Å². The number of hydrogen-bond donors (Lipinski definition) is 0. The van der Waals surface area contributed by atoms with Crippen LogP contribution in [0, 0.1) is 58.6 Å². The molecule has 0 unspecified atom stereocenters. The van der Waals surface area contributed by atoms with Gasteiger partial charge >= 0.3 is 0 Å². The molecule has 0 radical (unpaired) electrons. The van der Waals surface area contributed by atoms with Gasteiger partial charge in [0.2, 0.25) is 34.9 Å². The number of hydrogen-bond acceptors (Lipinski definition) is 2. The first-order valence-corrected chi connectivity index (χ1v) is 11.6. The van der Waals surface area contributed by atoms with E-state index in [1.165, 1.54) is 0 Å². The fourth-order valence-electron chi connectivity index (χ4n) is 3.21. The van der Waals surface area contributed by atoms with Crippen molar-refractivity contribution in [2.45, 2.75) is 0 Å². The molecule has 0 aliphatic carbocycles. The molecular formula is C32H16F6N2. The summed E-state index contributed by atoms with van der Waals surface area (Å²) in [7, 11) is 0. The lowest BCUT2D eigenvalue weighted by Gasteiger charge is -2.01. The highest BCUT2D eigenvalue weighted by atomic mass is 19.2. The third-order valence-corrected chi connectivity index (χ3v) is 5.19. The Morgan fingerprint density at radius 2 is 0.675 bits per heavy atom. The fourth-order valence-corrected chi connectivity index (χ4v) is 3.21. The zero-order valence-corrected chi connectivity index (χ0v) is 20.4. The molecule has 5 aromatic rings. The molecule has 0 aliphatic rings. The van der Waals surface area contributed by atoms with E-state index < -0.39 is 34.9 Å². The molecule has 0 bridgehead atoms. The predicted octanol–water partition coefficient (Wildman–Crippen LogP) is 7.46. The summed E-state index contributed by atoms with van der Waals surface area (Å²) >= 11 is 0. The lowest BCUT2D eigenvalue weighted by Crippen LogP contribution is -2.04. The molecule has 0 N–H and O–H groups in total. The van der Waals surface area contributed by atoms with Gasteiger partial charge in [0.25, 0.3) is 0 Å². The summed E-state index contributed by atoms with van der Waals surface area (Å²) in [5.41, 5.74) is 5.33. The van der Waals surface area contributed by atoms with Crippen molar-refractivity contribution in [1.82, 2.24) is 9.97 Å². The summed E-state index contributed by atoms with van der Waals surface area (Å²) < 4.78 is 72.2. The highest BCUT2D eigenvalue weighted by Crippen LogP contribution is 2.21. The van der Waals surface area contributed by atoms with E-state index in [1.54, 1.807) is 12.4 Å². The van der Waals surface area contributed by atoms with Crippen LogP contribution in [-0.4, -0.2) is 9.97 Å². The first-order chi connectivity index (χ1) is 19.3. The Morgan fingerprint density at radius 1 is 0.375 bits per heavy atom. The normalized spacial score (nSPS) is 9.85. The van der Waals surface area contributed by atoms with Gasteiger partial charge in [-0.25, -0.2) is 26.3 Å². The molecule has 5 rings (SSSR count). The van der Waals surface area contributed by atoms with Crippen molar-refractivity contribution < 1.29 is 26.3 Å². The van der Waals surface area contributed by atoms with Crippen LogP contribution >= 0.6 is 0 Å². The van der Waals surface area contributed by atoms with Crippen LogP contribution in [0.3, 0.4) is 0 Å². The van der Waals surface area contributed by atoms with E-state index in [0.717, 1.165) is 33.6 Å². The van der Waals surface area contributed by atoms with Gasteiger partial charge in [-0.3, -0.25) is 9.97 Å².